The number of hydrogen-bond acceptors (Lipinski definition) is 3. The van der Waals surface area contributed by atoms with Gasteiger partial charge in [-0.2, -0.15) is 11.8 Å². The van der Waals surface area contributed by atoms with Crippen molar-refractivity contribution >= 4 is 17.7 Å². The Morgan fingerprint density at radius 2 is 2.14 bits per heavy atom. The lowest BCUT2D eigenvalue weighted by Crippen LogP contribution is -2.40. The molecule has 2 aliphatic rings. The first-order chi connectivity index (χ1) is 9.98. The van der Waals surface area contributed by atoms with Crippen LogP contribution in [-0.2, 0) is 4.79 Å². The maximum Gasteiger partial charge on any atom is 0.244 e. The van der Waals surface area contributed by atoms with Gasteiger partial charge in [-0.05, 0) is 43.7 Å². The average Bonchev–Trinajstić information content (AvgIpc) is 3.16. The Kier molecular flexibility index (Phi) is 3.69. The summed E-state index contributed by atoms with van der Waals surface area (Å²) in [6.07, 6.45) is 3.24. The number of nitrogens with zero attached hydrogens (tertiary/aromatic N) is 1. The van der Waals surface area contributed by atoms with Crippen molar-refractivity contribution in [2.45, 2.75) is 37.5 Å². The highest BCUT2D eigenvalue weighted by Crippen LogP contribution is 2.46. The highest BCUT2D eigenvalue weighted by Gasteiger charge is 2.60. The fourth-order valence-electron chi connectivity index (χ4n) is 2.94. The molecule has 1 amide bonds. The van der Waals surface area contributed by atoms with Crippen LogP contribution in [0.15, 0.2) is 18.2 Å². The molecule has 2 atom stereocenters. The van der Waals surface area contributed by atoms with E-state index in [0.717, 1.165) is 24.7 Å². The molecule has 1 aliphatic heterocycles. The number of amides is 1. The molecule has 1 N–H and O–H groups in total. The van der Waals surface area contributed by atoms with Crippen molar-refractivity contribution in [2.24, 2.45) is 0 Å². The monoisotopic (exact) mass is 312 g/mol. The quantitative estimate of drug-likeness (QED) is 0.928. The van der Waals surface area contributed by atoms with Crippen molar-refractivity contribution in [1.82, 2.24) is 10.2 Å². The van der Waals surface area contributed by atoms with E-state index in [4.69, 9.17) is 0 Å². The van der Waals surface area contributed by atoms with Crippen molar-refractivity contribution in [1.29, 1.82) is 0 Å². The first-order valence-corrected chi connectivity index (χ1v) is 8.42. The third kappa shape index (κ3) is 2.44. The number of carbonyl (C=O) groups excluding carboxylic acids is 1. The van der Waals surface area contributed by atoms with Gasteiger partial charge < -0.3 is 4.90 Å². The Morgan fingerprint density at radius 1 is 1.43 bits per heavy atom. The van der Waals surface area contributed by atoms with Crippen LogP contribution < -0.4 is 5.32 Å². The van der Waals surface area contributed by atoms with E-state index < -0.39 is 17.2 Å². The predicted octanol–water partition coefficient (Wildman–Crippen LogP) is 2.68. The van der Waals surface area contributed by atoms with Crippen molar-refractivity contribution in [3.63, 3.8) is 0 Å². The molecule has 114 valence electrons. The van der Waals surface area contributed by atoms with Crippen LogP contribution in [-0.4, -0.2) is 34.4 Å². The summed E-state index contributed by atoms with van der Waals surface area (Å²) in [5.41, 5.74) is 0.126. The van der Waals surface area contributed by atoms with Crippen LogP contribution >= 0.6 is 11.8 Å². The van der Waals surface area contributed by atoms with E-state index in [1.165, 1.54) is 6.07 Å². The highest BCUT2D eigenvalue weighted by atomic mass is 32.2. The van der Waals surface area contributed by atoms with Gasteiger partial charge in [-0.25, -0.2) is 8.78 Å². The molecule has 0 bridgehead atoms. The SMILES string of the molecule is CSCC(C)N1C(=O)C2(CC2)NC1c1ccc(F)c(F)c1. The lowest BCUT2D eigenvalue weighted by molar-refractivity contribution is -0.132. The Bertz CT molecular complexity index is 577. The largest absolute Gasteiger partial charge is 0.318 e. The molecule has 6 heteroatoms. The Balaban J connectivity index is 1.94. The fourth-order valence-corrected chi connectivity index (χ4v) is 3.59. The maximum atomic E-state index is 13.5. The van der Waals surface area contributed by atoms with Gasteiger partial charge in [-0.15, -0.1) is 0 Å². The molecular weight excluding hydrogens is 294 g/mol. The fraction of sp³-hybridized carbons (Fsp3) is 0.533. The van der Waals surface area contributed by atoms with Gasteiger partial charge >= 0.3 is 0 Å². The summed E-state index contributed by atoms with van der Waals surface area (Å²) in [7, 11) is 0. The average molecular weight is 312 g/mol. The summed E-state index contributed by atoms with van der Waals surface area (Å²) < 4.78 is 26.6. The van der Waals surface area contributed by atoms with Crippen LogP contribution in [0.5, 0.6) is 0 Å². The van der Waals surface area contributed by atoms with E-state index in [0.29, 0.717) is 5.56 Å². The molecule has 0 aromatic heterocycles. The second kappa shape index (κ2) is 5.25. The zero-order chi connectivity index (χ0) is 15.2. The third-order valence-corrected chi connectivity index (χ3v) is 5.04. The minimum atomic E-state index is -0.879. The van der Waals surface area contributed by atoms with Crippen LogP contribution in [0, 0.1) is 11.6 Å². The van der Waals surface area contributed by atoms with Gasteiger partial charge in [0.05, 0.1) is 0 Å². The lowest BCUT2D eigenvalue weighted by atomic mass is 10.1. The van der Waals surface area contributed by atoms with Crippen molar-refractivity contribution in [3.8, 4) is 0 Å². The van der Waals surface area contributed by atoms with E-state index >= 15 is 0 Å². The van der Waals surface area contributed by atoms with Gasteiger partial charge in [0.2, 0.25) is 5.91 Å². The van der Waals surface area contributed by atoms with Crippen LogP contribution in [0.2, 0.25) is 0 Å². The first-order valence-electron chi connectivity index (χ1n) is 7.03. The molecule has 2 unspecified atom stereocenters. The molecular formula is C15H18F2N2OS. The van der Waals surface area contributed by atoms with Crippen LogP contribution in [0.1, 0.15) is 31.5 Å². The molecule has 1 aromatic rings. The minimum Gasteiger partial charge on any atom is -0.318 e. The zero-order valence-electron chi connectivity index (χ0n) is 12.0. The van der Waals surface area contributed by atoms with Crippen LogP contribution in [0.3, 0.4) is 0 Å². The van der Waals surface area contributed by atoms with E-state index in [1.807, 2.05) is 13.2 Å². The van der Waals surface area contributed by atoms with Crippen molar-refractivity contribution in [2.75, 3.05) is 12.0 Å². The molecule has 3 rings (SSSR count). The van der Waals surface area contributed by atoms with Gasteiger partial charge in [0, 0.05) is 11.8 Å². The Labute approximate surface area is 127 Å². The van der Waals surface area contributed by atoms with Gasteiger partial charge in [0.25, 0.3) is 0 Å². The van der Waals surface area contributed by atoms with Gasteiger partial charge in [-0.3, -0.25) is 10.1 Å². The summed E-state index contributed by atoms with van der Waals surface area (Å²) in [6.45, 7) is 1.99. The third-order valence-electron chi connectivity index (χ3n) is 4.23. The van der Waals surface area contributed by atoms with E-state index in [2.05, 4.69) is 5.32 Å². The lowest BCUT2D eigenvalue weighted by Gasteiger charge is -2.30. The van der Waals surface area contributed by atoms with Crippen molar-refractivity contribution in [3.05, 3.63) is 35.4 Å². The number of carbonyl (C=O) groups is 1. The smallest absolute Gasteiger partial charge is 0.244 e. The molecule has 1 saturated carbocycles. The predicted molar refractivity (Wildman–Crippen MR) is 78.9 cm³/mol. The minimum absolute atomic E-state index is 0.0399. The normalized spacial score (nSPS) is 24.7. The topological polar surface area (TPSA) is 32.3 Å². The Hall–Kier alpha value is -1.14. The van der Waals surface area contributed by atoms with Gasteiger partial charge in [0.15, 0.2) is 11.6 Å². The van der Waals surface area contributed by atoms with E-state index in [-0.39, 0.29) is 18.1 Å². The Morgan fingerprint density at radius 3 is 2.71 bits per heavy atom. The van der Waals surface area contributed by atoms with Gasteiger partial charge in [0.1, 0.15) is 11.7 Å². The summed E-state index contributed by atoms with van der Waals surface area (Å²) in [5.74, 6) is -0.855. The van der Waals surface area contributed by atoms with Crippen molar-refractivity contribution < 1.29 is 13.6 Å². The van der Waals surface area contributed by atoms with E-state index in [1.54, 1.807) is 22.7 Å². The molecule has 0 radical (unpaired) electrons. The van der Waals surface area contributed by atoms with Crippen LogP contribution in [0.4, 0.5) is 8.78 Å². The second-order valence-corrected chi connectivity index (χ2v) is 6.73. The number of thioether (sulfide) groups is 1. The summed E-state index contributed by atoms with van der Waals surface area (Å²) in [5, 5.41) is 3.32. The summed E-state index contributed by atoms with van der Waals surface area (Å²) in [6, 6.07) is 3.88. The van der Waals surface area contributed by atoms with Gasteiger partial charge in [-0.1, -0.05) is 6.07 Å². The standard InChI is InChI=1S/C15H18F2N2OS/c1-9(8-21-2)19-13(18-15(5-6-15)14(19)20)10-3-4-11(16)12(17)7-10/h3-4,7,9,13,18H,5-6,8H2,1-2H3. The highest BCUT2D eigenvalue weighted by molar-refractivity contribution is 7.98. The molecule has 1 aliphatic carbocycles. The molecule has 1 heterocycles. The second-order valence-electron chi connectivity index (χ2n) is 5.82. The summed E-state index contributed by atoms with van der Waals surface area (Å²) >= 11 is 1.67. The van der Waals surface area contributed by atoms with Crippen LogP contribution in [0.25, 0.3) is 0 Å². The molecule has 1 saturated heterocycles. The number of benzene rings is 1. The molecule has 1 spiro atoms. The zero-order valence-corrected chi connectivity index (χ0v) is 12.8. The number of nitrogens with one attached hydrogen (secondary N) is 1. The molecule has 1 aromatic carbocycles. The van der Waals surface area contributed by atoms with E-state index in [9.17, 15) is 13.6 Å². The number of halogens is 2. The maximum absolute atomic E-state index is 13.5. The first kappa shape index (κ1) is 14.8. The molecule has 3 nitrogen and oxygen atoms in total. The number of hydrogen-bond donors (Lipinski definition) is 1. The summed E-state index contributed by atoms with van der Waals surface area (Å²) in [4.78, 5) is 14.4. The molecule has 21 heavy (non-hydrogen) atoms. The molecule has 2 fully saturated rings. The number of rotatable bonds is 4.